The molecular formula is C17H29NO2. The van der Waals surface area contributed by atoms with Crippen LogP contribution in [0.3, 0.4) is 0 Å². The zero-order valence-electron chi connectivity index (χ0n) is 13.5. The van der Waals surface area contributed by atoms with Gasteiger partial charge in [0.15, 0.2) is 6.23 Å². The van der Waals surface area contributed by atoms with E-state index in [1.807, 2.05) is 4.90 Å². The third-order valence-corrected chi connectivity index (χ3v) is 4.30. The molecule has 1 unspecified atom stereocenters. The van der Waals surface area contributed by atoms with Gasteiger partial charge in [-0.3, -0.25) is 4.79 Å². The number of hydrogen-bond donors (Lipinski definition) is 0. The monoisotopic (exact) mass is 279 g/mol. The van der Waals surface area contributed by atoms with E-state index in [-0.39, 0.29) is 17.6 Å². The Morgan fingerprint density at radius 2 is 1.95 bits per heavy atom. The molecule has 0 aromatic carbocycles. The largest absolute Gasteiger partial charge is 0.474 e. The zero-order valence-corrected chi connectivity index (χ0v) is 13.5. The number of nitrogens with zero attached hydrogens (tertiary/aromatic N) is 1. The van der Waals surface area contributed by atoms with E-state index in [4.69, 9.17) is 4.74 Å². The highest BCUT2D eigenvalue weighted by Gasteiger charge is 2.42. The van der Waals surface area contributed by atoms with E-state index < -0.39 is 0 Å². The summed E-state index contributed by atoms with van der Waals surface area (Å²) in [7, 11) is 0. The van der Waals surface area contributed by atoms with Crippen LogP contribution in [0.2, 0.25) is 0 Å². The number of ether oxygens (including phenoxy) is 1. The standard InChI is InChI=1S/C17H29NO2/c1-5-7-8-9-15-18(10-6-2)16(19)13-11-17(3,4)12-14(13)20-15/h15H,5-12H2,1-4H3. The normalized spacial score (nSPS) is 24.9. The summed E-state index contributed by atoms with van der Waals surface area (Å²) in [6.07, 6.45) is 7.27. The first-order valence-corrected chi connectivity index (χ1v) is 8.18. The third-order valence-electron chi connectivity index (χ3n) is 4.30. The van der Waals surface area contributed by atoms with Gasteiger partial charge in [0, 0.05) is 19.4 Å². The first kappa shape index (κ1) is 15.4. The van der Waals surface area contributed by atoms with Crippen molar-refractivity contribution in [2.75, 3.05) is 6.54 Å². The van der Waals surface area contributed by atoms with E-state index in [9.17, 15) is 4.79 Å². The molecule has 1 aliphatic heterocycles. The summed E-state index contributed by atoms with van der Waals surface area (Å²) in [5.41, 5.74) is 1.12. The van der Waals surface area contributed by atoms with Gasteiger partial charge in [0.25, 0.3) is 5.91 Å². The molecule has 0 saturated carbocycles. The lowest BCUT2D eigenvalue weighted by Gasteiger charge is -2.36. The Hall–Kier alpha value is -0.990. The smallest absolute Gasteiger partial charge is 0.256 e. The van der Waals surface area contributed by atoms with Crippen molar-refractivity contribution < 1.29 is 9.53 Å². The lowest BCUT2D eigenvalue weighted by atomic mass is 9.89. The molecule has 1 atom stereocenters. The van der Waals surface area contributed by atoms with Gasteiger partial charge in [0.05, 0.1) is 5.57 Å². The summed E-state index contributed by atoms with van der Waals surface area (Å²) < 4.78 is 6.21. The molecule has 20 heavy (non-hydrogen) atoms. The lowest BCUT2D eigenvalue weighted by Crippen LogP contribution is -2.46. The van der Waals surface area contributed by atoms with Gasteiger partial charge in [0.1, 0.15) is 5.76 Å². The van der Waals surface area contributed by atoms with Crippen molar-refractivity contribution in [3.05, 3.63) is 11.3 Å². The number of amides is 1. The van der Waals surface area contributed by atoms with E-state index in [1.54, 1.807) is 0 Å². The van der Waals surface area contributed by atoms with Gasteiger partial charge >= 0.3 is 0 Å². The second kappa shape index (κ2) is 6.19. The highest BCUT2D eigenvalue weighted by Crippen LogP contribution is 2.45. The van der Waals surface area contributed by atoms with E-state index in [0.717, 1.165) is 50.0 Å². The van der Waals surface area contributed by atoms with Crippen molar-refractivity contribution in [3.8, 4) is 0 Å². The maximum atomic E-state index is 12.7. The van der Waals surface area contributed by atoms with Gasteiger partial charge in [-0.25, -0.2) is 0 Å². The molecular weight excluding hydrogens is 250 g/mol. The number of carbonyl (C=O) groups excluding carboxylic acids is 1. The number of allylic oxidation sites excluding steroid dienone is 1. The molecule has 2 rings (SSSR count). The van der Waals surface area contributed by atoms with E-state index >= 15 is 0 Å². The molecule has 114 valence electrons. The summed E-state index contributed by atoms with van der Waals surface area (Å²) >= 11 is 0. The van der Waals surface area contributed by atoms with Gasteiger partial charge in [-0.2, -0.15) is 0 Å². The minimum atomic E-state index is -0.0263. The zero-order chi connectivity index (χ0) is 14.8. The first-order chi connectivity index (χ1) is 9.48. The molecule has 0 aromatic heterocycles. The molecule has 0 spiro atoms. The molecule has 1 aliphatic carbocycles. The van der Waals surface area contributed by atoms with Crippen LogP contribution in [0.1, 0.15) is 72.6 Å². The van der Waals surface area contributed by atoms with Crippen LogP contribution in [0.4, 0.5) is 0 Å². The number of carbonyl (C=O) groups is 1. The maximum Gasteiger partial charge on any atom is 0.256 e. The second-order valence-corrected chi connectivity index (χ2v) is 6.99. The van der Waals surface area contributed by atoms with Gasteiger partial charge < -0.3 is 9.64 Å². The molecule has 3 heteroatoms. The molecule has 0 N–H and O–H groups in total. The fourth-order valence-corrected chi connectivity index (χ4v) is 3.29. The van der Waals surface area contributed by atoms with Crippen LogP contribution < -0.4 is 0 Å². The van der Waals surface area contributed by atoms with Crippen molar-refractivity contribution in [1.29, 1.82) is 0 Å². The molecule has 0 saturated heterocycles. The Morgan fingerprint density at radius 3 is 2.60 bits per heavy atom. The number of unbranched alkanes of at least 4 members (excludes halogenated alkanes) is 2. The van der Waals surface area contributed by atoms with Gasteiger partial charge in [-0.1, -0.05) is 40.5 Å². The van der Waals surface area contributed by atoms with Crippen LogP contribution in [-0.4, -0.2) is 23.6 Å². The fraction of sp³-hybridized carbons (Fsp3) is 0.824. The van der Waals surface area contributed by atoms with Crippen LogP contribution in [0.5, 0.6) is 0 Å². The van der Waals surface area contributed by atoms with Gasteiger partial charge in [-0.05, 0) is 24.7 Å². The third kappa shape index (κ3) is 3.18. The van der Waals surface area contributed by atoms with Crippen LogP contribution in [0.15, 0.2) is 11.3 Å². The second-order valence-electron chi connectivity index (χ2n) is 6.99. The van der Waals surface area contributed by atoms with Crippen molar-refractivity contribution >= 4 is 5.91 Å². The topological polar surface area (TPSA) is 29.5 Å². The van der Waals surface area contributed by atoms with Crippen LogP contribution in [0, 0.1) is 5.41 Å². The quantitative estimate of drug-likeness (QED) is 0.681. The van der Waals surface area contributed by atoms with Crippen molar-refractivity contribution in [2.24, 2.45) is 5.41 Å². The van der Waals surface area contributed by atoms with E-state index in [0.29, 0.717) is 0 Å². The van der Waals surface area contributed by atoms with Crippen LogP contribution in [0.25, 0.3) is 0 Å². The van der Waals surface area contributed by atoms with E-state index in [1.165, 1.54) is 12.8 Å². The maximum absolute atomic E-state index is 12.7. The highest BCUT2D eigenvalue weighted by molar-refractivity contribution is 5.95. The lowest BCUT2D eigenvalue weighted by molar-refractivity contribution is -0.144. The number of hydrogen-bond acceptors (Lipinski definition) is 2. The average molecular weight is 279 g/mol. The van der Waals surface area contributed by atoms with Crippen molar-refractivity contribution in [3.63, 3.8) is 0 Å². The minimum Gasteiger partial charge on any atom is -0.474 e. The summed E-state index contributed by atoms with van der Waals surface area (Å²) in [5.74, 6) is 1.22. The van der Waals surface area contributed by atoms with Crippen LogP contribution in [-0.2, 0) is 9.53 Å². The average Bonchev–Trinajstić information content (AvgIpc) is 2.69. The number of rotatable bonds is 6. The summed E-state index contributed by atoms with van der Waals surface area (Å²) in [6, 6.07) is 0. The van der Waals surface area contributed by atoms with E-state index in [2.05, 4.69) is 27.7 Å². The minimum absolute atomic E-state index is 0.0263. The molecule has 3 nitrogen and oxygen atoms in total. The first-order valence-electron chi connectivity index (χ1n) is 8.18. The Kier molecular flexibility index (Phi) is 4.77. The Morgan fingerprint density at radius 1 is 1.20 bits per heavy atom. The summed E-state index contributed by atoms with van der Waals surface area (Å²) in [4.78, 5) is 14.7. The Bertz CT molecular complexity index is 398. The molecule has 2 aliphatic rings. The predicted octanol–water partition coefficient (Wildman–Crippen LogP) is 4.24. The predicted molar refractivity (Wildman–Crippen MR) is 81.1 cm³/mol. The molecule has 0 aromatic rings. The fourth-order valence-electron chi connectivity index (χ4n) is 3.29. The molecule has 1 amide bonds. The SMILES string of the molecule is CCCCCC1OC2=C(CC(C)(C)C2)C(=O)N1CCC. The van der Waals surface area contributed by atoms with Crippen molar-refractivity contribution in [2.45, 2.75) is 78.9 Å². The van der Waals surface area contributed by atoms with Crippen molar-refractivity contribution in [1.82, 2.24) is 4.90 Å². The van der Waals surface area contributed by atoms with Crippen LogP contribution >= 0.6 is 0 Å². The van der Waals surface area contributed by atoms with Gasteiger partial charge in [0.2, 0.25) is 0 Å². The molecule has 0 bridgehead atoms. The highest BCUT2D eigenvalue weighted by atomic mass is 16.5. The summed E-state index contributed by atoms with van der Waals surface area (Å²) in [6.45, 7) is 9.58. The summed E-state index contributed by atoms with van der Waals surface area (Å²) in [5, 5.41) is 0. The molecule has 0 fully saturated rings. The Balaban J connectivity index is 2.11. The van der Waals surface area contributed by atoms with Gasteiger partial charge in [-0.15, -0.1) is 0 Å². The molecule has 1 heterocycles. The molecule has 0 radical (unpaired) electrons. The Labute approximate surface area is 123 Å².